The summed E-state index contributed by atoms with van der Waals surface area (Å²) in [4.78, 5) is 14.7. The lowest BCUT2D eigenvalue weighted by molar-refractivity contribution is -0.0606. The van der Waals surface area contributed by atoms with Crippen molar-refractivity contribution in [3.05, 3.63) is 23.8 Å². The second-order valence-electron chi connectivity index (χ2n) is 5.85. The minimum atomic E-state index is 0.0542. The third-order valence-electron chi connectivity index (χ3n) is 4.58. The lowest BCUT2D eigenvalue weighted by atomic mass is 9.88. The summed E-state index contributed by atoms with van der Waals surface area (Å²) < 4.78 is 5.81. The van der Waals surface area contributed by atoms with E-state index in [1.54, 1.807) is 0 Å². The van der Waals surface area contributed by atoms with E-state index in [1.165, 1.54) is 0 Å². The van der Waals surface area contributed by atoms with Crippen LogP contribution in [0.3, 0.4) is 0 Å². The monoisotopic (exact) mass is 286 g/mol. The highest BCUT2D eigenvalue weighted by atomic mass is 16.5. The quantitative estimate of drug-likeness (QED) is 0.864. The van der Waals surface area contributed by atoms with Crippen molar-refractivity contribution in [3.8, 4) is 0 Å². The van der Waals surface area contributed by atoms with Gasteiger partial charge in [-0.25, -0.2) is 0 Å². The first kappa shape index (κ1) is 12.8. The van der Waals surface area contributed by atoms with Gasteiger partial charge in [0.25, 0.3) is 5.91 Å². The molecule has 2 saturated heterocycles. The Labute approximate surface area is 122 Å². The highest BCUT2D eigenvalue weighted by Gasteiger charge is 2.34. The van der Waals surface area contributed by atoms with Crippen LogP contribution in [0, 0.1) is 5.92 Å². The zero-order valence-corrected chi connectivity index (χ0v) is 11.8. The molecule has 0 radical (unpaired) electrons. The van der Waals surface area contributed by atoms with Gasteiger partial charge < -0.3 is 9.64 Å². The molecule has 1 aromatic heterocycles. The van der Waals surface area contributed by atoms with Gasteiger partial charge in [0.05, 0.1) is 11.7 Å². The van der Waals surface area contributed by atoms with Gasteiger partial charge in [-0.3, -0.25) is 4.79 Å². The predicted octanol–water partition coefficient (Wildman–Crippen LogP) is 1.60. The lowest BCUT2D eigenvalue weighted by Gasteiger charge is -2.41. The Hall–Kier alpha value is -1.95. The van der Waals surface area contributed by atoms with Gasteiger partial charge in [0.2, 0.25) is 0 Å². The van der Waals surface area contributed by atoms with E-state index in [0.717, 1.165) is 44.5 Å². The number of likely N-dealkylation sites (tertiary alicyclic amines) is 1. The topological polar surface area (TPSA) is 71.1 Å². The number of piperidine rings is 1. The molecule has 0 bridgehead atoms. The Kier molecular flexibility index (Phi) is 3.11. The standard InChI is InChI=1S/C15H18N4O2/c20-15(11-4-1-5-12-14(11)17-18-16-12)19-7-6-13-10(9-19)3-2-8-21-13/h1,4-5,10,13H,2-3,6-9H2,(H,16,17,18). The number of hydrogen-bond acceptors (Lipinski definition) is 4. The summed E-state index contributed by atoms with van der Waals surface area (Å²) in [6.45, 7) is 2.42. The van der Waals surface area contributed by atoms with Gasteiger partial charge >= 0.3 is 0 Å². The number of carbonyl (C=O) groups excluding carboxylic acids is 1. The van der Waals surface area contributed by atoms with Crippen LogP contribution in [0.2, 0.25) is 0 Å². The van der Waals surface area contributed by atoms with Gasteiger partial charge in [-0.2, -0.15) is 15.4 Å². The first-order valence-electron chi connectivity index (χ1n) is 7.53. The SMILES string of the molecule is O=C(c1cccc2n[nH]nc12)N1CCC2OCCCC2C1. The van der Waals surface area contributed by atoms with E-state index in [0.29, 0.717) is 23.1 Å². The van der Waals surface area contributed by atoms with Crippen LogP contribution >= 0.6 is 0 Å². The van der Waals surface area contributed by atoms with Crippen LogP contribution < -0.4 is 0 Å². The molecular formula is C15H18N4O2. The van der Waals surface area contributed by atoms with Crippen molar-refractivity contribution in [2.45, 2.75) is 25.4 Å². The van der Waals surface area contributed by atoms with Crippen LogP contribution in [-0.2, 0) is 4.74 Å². The fourth-order valence-corrected chi connectivity index (χ4v) is 3.48. The van der Waals surface area contributed by atoms with E-state index in [-0.39, 0.29) is 5.91 Å². The number of carbonyl (C=O) groups is 1. The maximum atomic E-state index is 12.8. The molecule has 2 aromatic rings. The van der Waals surface area contributed by atoms with Gasteiger partial charge in [0.15, 0.2) is 0 Å². The molecule has 2 unspecified atom stereocenters. The van der Waals surface area contributed by atoms with Gasteiger partial charge in [0.1, 0.15) is 11.0 Å². The molecule has 2 aliphatic rings. The number of aromatic amines is 1. The number of benzene rings is 1. The maximum absolute atomic E-state index is 12.8. The number of para-hydroxylation sites is 1. The zero-order chi connectivity index (χ0) is 14.2. The van der Waals surface area contributed by atoms with Crippen molar-refractivity contribution < 1.29 is 9.53 Å². The molecule has 4 rings (SSSR count). The van der Waals surface area contributed by atoms with Gasteiger partial charge in [-0.1, -0.05) is 6.07 Å². The number of amides is 1. The Morgan fingerprint density at radius 3 is 3.24 bits per heavy atom. The largest absolute Gasteiger partial charge is 0.378 e. The zero-order valence-electron chi connectivity index (χ0n) is 11.8. The predicted molar refractivity (Wildman–Crippen MR) is 76.9 cm³/mol. The summed E-state index contributed by atoms with van der Waals surface area (Å²) in [5, 5.41) is 10.7. The smallest absolute Gasteiger partial charge is 0.256 e. The van der Waals surface area contributed by atoms with Crippen LogP contribution in [0.1, 0.15) is 29.6 Å². The summed E-state index contributed by atoms with van der Waals surface area (Å²) in [5.41, 5.74) is 2.03. The average molecular weight is 286 g/mol. The van der Waals surface area contributed by atoms with E-state index in [9.17, 15) is 4.79 Å². The van der Waals surface area contributed by atoms with E-state index in [4.69, 9.17) is 4.74 Å². The molecule has 3 heterocycles. The molecule has 6 nitrogen and oxygen atoms in total. The van der Waals surface area contributed by atoms with Crippen LogP contribution in [0.5, 0.6) is 0 Å². The minimum absolute atomic E-state index is 0.0542. The molecular weight excluding hydrogens is 268 g/mol. The molecule has 2 fully saturated rings. The Morgan fingerprint density at radius 2 is 2.29 bits per heavy atom. The minimum Gasteiger partial charge on any atom is -0.378 e. The summed E-state index contributed by atoms with van der Waals surface area (Å²) in [7, 11) is 0. The molecule has 0 aliphatic carbocycles. The fourth-order valence-electron chi connectivity index (χ4n) is 3.48. The summed E-state index contributed by atoms with van der Waals surface area (Å²) in [6, 6.07) is 5.54. The van der Waals surface area contributed by atoms with Crippen LogP contribution in [-0.4, -0.2) is 52.0 Å². The molecule has 0 saturated carbocycles. The number of ether oxygens (including phenoxy) is 1. The third kappa shape index (κ3) is 2.19. The lowest BCUT2D eigenvalue weighted by Crippen LogP contribution is -2.48. The molecule has 110 valence electrons. The number of rotatable bonds is 1. The number of aromatic nitrogens is 3. The maximum Gasteiger partial charge on any atom is 0.256 e. The molecule has 2 atom stereocenters. The summed E-state index contributed by atoms with van der Waals surface area (Å²) >= 11 is 0. The Bertz CT molecular complexity index is 668. The second kappa shape index (κ2) is 5.11. The van der Waals surface area contributed by atoms with Gasteiger partial charge in [-0.15, -0.1) is 0 Å². The molecule has 1 amide bonds. The average Bonchev–Trinajstić information content (AvgIpc) is 3.02. The molecule has 1 N–H and O–H groups in total. The Morgan fingerprint density at radius 1 is 1.33 bits per heavy atom. The number of nitrogens with zero attached hydrogens (tertiary/aromatic N) is 3. The summed E-state index contributed by atoms with van der Waals surface area (Å²) in [6.07, 6.45) is 3.53. The van der Waals surface area contributed by atoms with E-state index in [1.807, 2.05) is 23.1 Å². The highest BCUT2D eigenvalue weighted by molar-refractivity contribution is 6.04. The molecule has 6 heteroatoms. The first-order chi connectivity index (χ1) is 10.3. The van der Waals surface area contributed by atoms with Gasteiger partial charge in [0, 0.05) is 25.6 Å². The molecule has 1 aromatic carbocycles. The van der Waals surface area contributed by atoms with Crippen LogP contribution in [0.4, 0.5) is 0 Å². The van der Waals surface area contributed by atoms with Crippen molar-refractivity contribution in [1.82, 2.24) is 20.3 Å². The molecule has 2 aliphatic heterocycles. The number of fused-ring (bicyclic) bond motifs is 2. The second-order valence-corrected chi connectivity index (χ2v) is 5.85. The fraction of sp³-hybridized carbons (Fsp3) is 0.533. The first-order valence-corrected chi connectivity index (χ1v) is 7.53. The third-order valence-corrected chi connectivity index (χ3v) is 4.58. The van der Waals surface area contributed by atoms with Crippen molar-refractivity contribution in [2.75, 3.05) is 19.7 Å². The number of hydrogen-bond donors (Lipinski definition) is 1. The van der Waals surface area contributed by atoms with Crippen molar-refractivity contribution in [2.24, 2.45) is 5.92 Å². The van der Waals surface area contributed by atoms with E-state index in [2.05, 4.69) is 15.4 Å². The Balaban J connectivity index is 1.59. The van der Waals surface area contributed by atoms with Crippen molar-refractivity contribution in [1.29, 1.82) is 0 Å². The van der Waals surface area contributed by atoms with E-state index < -0.39 is 0 Å². The van der Waals surface area contributed by atoms with Crippen LogP contribution in [0.15, 0.2) is 18.2 Å². The van der Waals surface area contributed by atoms with Gasteiger partial charge in [-0.05, 0) is 31.4 Å². The van der Waals surface area contributed by atoms with Crippen molar-refractivity contribution in [3.63, 3.8) is 0 Å². The van der Waals surface area contributed by atoms with Crippen LogP contribution in [0.25, 0.3) is 11.0 Å². The van der Waals surface area contributed by atoms with E-state index >= 15 is 0 Å². The number of nitrogens with one attached hydrogen (secondary N) is 1. The molecule has 0 spiro atoms. The highest BCUT2D eigenvalue weighted by Crippen LogP contribution is 2.29. The summed E-state index contributed by atoms with van der Waals surface area (Å²) in [5.74, 6) is 0.534. The normalized spacial score (nSPS) is 25.8. The van der Waals surface area contributed by atoms with Crippen molar-refractivity contribution >= 4 is 16.9 Å². The molecule has 21 heavy (non-hydrogen) atoms. The number of H-pyrrole nitrogens is 1.